The van der Waals surface area contributed by atoms with Crippen LogP contribution in [0.1, 0.15) is 71.1 Å². The number of nitrogens with two attached hydrogens (primary N) is 1. The van der Waals surface area contributed by atoms with Crippen molar-refractivity contribution < 1.29 is 19.1 Å². The van der Waals surface area contributed by atoms with Crippen LogP contribution in [0, 0.1) is 11.8 Å². The van der Waals surface area contributed by atoms with Crippen LogP contribution < -0.4 is 11.1 Å². The van der Waals surface area contributed by atoms with Crippen molar-refractivity contribution in [1.29, 1.82) is 0 Å². The quantitative estimate of drug-likeness (QED) is 0.568. The van der Waals surface area contributed by atoms with Crippen LogP contribution in [0.2, 0.25) is 0 Å². The van der Waals surface area contributed by atoms with Crippen molar-refractivity contribution in [3.05, 3.63) is 0 Å². The van der Waals surface area contributed by atoms with Gasteiger partial charge < -0.3 is 20.7 Å². The summed E-state index contributed by atoms with van der Waals surface area (Å²) >= 11 is 0. The second-order valence-corrected chi connectivity index (χ2v) is 9.43. The minimum absolute atomic E-state index is 0.0302. The number of primary amides is 1. The lowest BCUT2D eigenvalue weighted by Gasteiger charge is -2.40. The van der Waals surface area contributed by atoms with E-state index in [1.54, 1.807) is 0 Å². The maximum atomic E-state index is 12.9. The number of likely N-dealkylation sites (tertiary alicyclic amines) is 2. The van der Waals surface area contributed by atoms with Gasteiger partial charge in [0.15, 0.2) is 0 Å². The van der Waals surface area contributed by atoms with Crippen LogP contribution in [-0.4, -0.2) is 72.6 Å². The predicted octanol–water partition coefficient (Wildman–Crippen LogP) is 2.26. The first-order valence-electron chi connectivity index (χ1n) is 12.2. The molecule has 0 aromatic heterocycles. The van der Waals surface area contributed by atoms with Gasteiger partial charge in [-0.05, 0) is 70.4 Å². The highest BCUT2D eigenvalue weighted by atomic mass is 16.5. The largest absolute Gasteiger partial charge is 0.466 e. The molecule has 2 saturated heterocycles. The SMILES string of the molecule is CCOC(=O)CC1CCN(C(=O)NC2CCCCC2)CC1CCN1CCCC1C(N)=O. The summed E-state index contributed by atoms with van der Waals surface area (Å²) in [7, 11) is 0. The Kier molecular flexibility index (Phi) is 8.99. The minimum atomic E-state index is -0.252. The first kappa shape index (κ1) is 23.8. The number of carbonyl (C=O) groups excluding carboxylic acids is 3. The number of nitrogens with zero attached hydrogens (tertiary/aromatic N) is 2. The second-order valence-electron chi connectivity index (χ2n) is 9.43. The van der Waals surface area contributed by atoms with Gasteiger partial charge in [-0.15, -0.1) is 0 Å². The molecule has 176 valence electrons. The van der Waals surface area contributed by atoms with Crippen molar-refractivity contribution >= 4 is 17.9 Å². The molecule has 3 aliphatic rings. The van der Waals surface area contributed by atoms with Gasteiger partial charge in [0.2, 0.25) is 5.91 Å². The molecular formula is C23H40N4O4. The molecule has 3 atom stereocenters. The molecule has 8 nitrogen and oxygen atoms in total. The van der Waals surface area contributed by atoms with E-state index in [0.29, 0.717) is 26.1 Å². The van der Waals surface area contributed by atoms with Gasteiger partial charge in [0.25, 0.3) is 0 Å². The number of rotatable bonds is 8. The Labute approximate surface area is 186 Å². The summed E-state index contributed by atoms with van der Waals surface area (Å²) in [6.07, 6.45) is 9.63. The van der Waals surface area contributed by atoms with E-state index in [1.165, 1.54) is 19.3 Å². The van der Waals surface area contributed by atoms with Crippen LogP contribution in [-0.2, 0) is 14.3 Å². The highest BCUT2D eigenvalue weighted by Crippen LogP contribution is 2.31. The van der Waals surface area contributed by atoms with E-state index in [-0.39, 0.29) is 41.8 Å². The zero-order valence-corrected chi connectivity index (χ0v) is 19.0. The summed E-state index contributed by atoms with van der Waals surface area (Å²) < 4.78 is 5.19. The van der Waals surface area contributed by atoms with Crippen LogP contribution in [0.25, 0.3) is 0 Å². The van der Waals surface area contributed by atoms with Gasteiger partial charge in [0, 0.05) is 25.6 Å². The van der Waals surface area contributed by atoms with Gasteiger partial charge in [0.1, 0.15) is 0 Å². The molecule has 8 heteroatoms. The average molecular weight is 437 g/mol. The van der Waals surface area contributed by atoms with Crippen molar-refractivity contribution in [1.82, 2.24) is 15.1 Å². The van der Waals surface area contributed by atoms with Crippen LogP contribution in [0.15, 0.2) is 0 Å². The molecule has 0 spiro atoms. The summed E-state index contributed by atoms with van der Waals surface area (Å²) in [5.41, 5.74) is 5.57. The fourth-order valence-corrected chi connectivity index (χ4v) is 5.56. The van der Waals surface area contributed by atoms with E-state index in [1.807, 2.05) is 11.8 Å². The topological polar surface area (TPSA) is 105 Å². The number of hydrogen-bond acceptors (Lipinski definition) is 5. The number of nitrogens with one attached hydrogen (secondary N) is 1. The van der Waals surface area contributed by atoms with E-state index in [9.17, 15) is 14.4 Å². The van der Waals surface area contributed by atoms with E-state index in [4.69, 9.17) is 10.5 Å². The summed E-state index contributed by atoms with van der Waals surface area (Å²) in [6.45, 7) is 5.19. The van der Waals surface area contributed by atoms with Gasteiger partial charge in [0.05, 0.1) is 12.6 Å². The summed E-state index contributed by atoms with van der Waals surface area (Å²) in [5, 5.41) is 3.23. The highest BCUT2D eigenvalue weighted by molar-refractivity contribution is 5.80. The summed E-state index contributed by atoms with van der Waals surface area (Å²) in [4.78, 5) is 40.9. The van der Waals surface area contributed by atoms with Crippen LogP contribution in [0.5, 0.6) is 0 Å². The fourth-order valence-electron chi connectivity index (χ4n) is 5.56. The molecule has 1 aliphatic carbocycles. The number of carbonyl (C=O) groups is 3. The molecule has 1 saturated carbocycles. The number of esters is 1. The molecular weight excluding hydrogens is 396 g/mol. The van der Waals surface area contributed by atoms with E-state index >= 15 is 0 Å². The maximum Gasteiger partial charge on any atom is 0.317 e. The first-order chi connectivity index (χ1) is 15.0. The monoisotopic (exact) mass is 436 g/mol. The Morgan fingerprint density at radius 3 is 2.48 bits per heavy atom. The number of piperidine rings is 1. The smallest absolute Gasteiger partial charge is 0.317 e. The third-order valence-electron chi connectivity index (χ3n) is 7.32. The maximum absolute atomic E-state index is 12.9. The first-order valence-corrected chi connectivity index (χ1v) is 12.2. The Hall–Kier alpha value is -1.83. The van der Waals surface area contributed by atoms with Crippen molar-refractivity contribution in [2.75, 3.05) is 32.8 Å². The molecule has 3 rings (SSSR count). The van der Waals surface area contributed by atoms with Crippen LogP contribution in [0.3, 0.4) is 0 Å². The van der Waals surface area contributed by atoms with Crippen LogP contribution >= 0.6 is 0 Å². The zero-order chi connectivity index (χ0) is 22.2. The molecule has 3 amide bonds. The Balaban J connectivity index is 1.58. The lowest BCUT2D eigenvalue weighted by molar-refractivity contribution is -0.145. The van der Waals surface area contributed by atoms with Gasteiger partial charge in [-0.1, -0.05) is 19.3 Å². The normalized spacial score (nSPS) is 27.8. The highest BCUT2D eigenvalue weighted by Gasteiger charge is 2.35. The zero-order valence-electron chi connectivity index (χ0n) is 19.0. The molecule has 0 aromatic rings. The minimum Gasteiger partial charge on any atom is -0.466 e. The van der Waals surface area contributed by atoms with Gasteiger partial charge in [-0.2, -0.15) is 0 Å². The number of urea groups is 1. The van der Waals surface area contributed by atoms with E-state index < -0.39 is 0 Å². The Morgan fingerprint density at radius 2 is 1.77 bits per heavy atom. The van der Waals surface area contributed by atoms with Gasteiger partial charge in [-0.3, -0.25) is 14.5 Å². The molecule has 2 heterocycles. The number of hydrogen-bond donors (Lipinski definition) is 2. The van der Waals surface area contributed by atoms with Gasteiger partial charge >= 0.3 is 12.0 Å². The fraction of sp³-hybridized carbons (Fsp3) is 0.870. The second kappa shape index (κ2) is 11.7. The molecule has 3 N–H and O–H groups in total. The lowest BCUT2D eigenvalue weighted by atomic mass is 9.81. The van der Waals surface area contributed by atoms with Crippen molar-refractivity contribution in [2.45, 2.75) is 83.2 Å². The number of ether oxygens (including phenoxy) is 1. The van der Waals surface area contributed by atoms with Crippen molar-refractivity contribution in [3.8, 4) is 0 Å². The molecule has 3 unspecified atom stereocenters. The Morgan fingerprint density at radius 1 is 1.00 bits per heavy atom. The molecule has 0 bridgehead atoms. The van der Waals surface area contributed by atoms with Crippen molar-refractivity contribution in [3.63, 3.8) is 0 Å². The third kappa shape index (κ3) is 6.82. The number of amides is 3. The molecule has 0 radical (unpaired) electrons. The van der Waals surface area contributed by atoms with Gasteiger partial charge in [-0.25, -0.2) is 4.79 Å². The lowest BCUT2D eigenvalue weighted by Crippen LogP contribution is -2.51. The molecule has 31 heavy (non-hydrogen) atoms. The summed E-state index contributed by atoms with van der Waals surface area (Å²) in [6, 6.07) is 0.137. The average Bonchev–Trinajstić information content (AvgIpc) is 3.23. The molecule has 2 aliphatic heterocycles. The molecule has 0 aromatic carbocycles. The predicted molar refractivity (Wildman–Crippen MR) is 118 cm³/mol. The third-order valence-corrected chi connectivity index (χ3v) is 7.32. The van der Waals surface area contributed by atoms with E-state index in [0.717, 1.165) is 51.6 Å². The Bertz CT molecular complexity index is 623. The molecule has 3 fully saturated rings. The standard InChI is InChI=1S/C23H40N4O4/c1-2-31-21(28)15-17-10-14-27(23(30)25-19-7-4-3-5-8-19)16-18(17)11-13-26-12-6-9-20(26)22(24)29/h17-20H,2-16H2,1H3,(H2,24,29)(H,25,30). The van der Waals surface area contributed by atoms with Crippen LogP contribution in [0.4, 0.5) is 4.79 Å². The summed E-state index contributed by atoms with van der Waals surface area (Å²) in [5.74, 6) is 0.00305. The van der Waals surface area contributed by atoms with Crippen molar-refractivity contribution in [2.24, 2.45) is 17.6 Å². The van der Waals surface area contributed by atoms with E-state index in [2.05, 4.69) is 10.2 Å².